The molecular weight excluding hydrogens is 243 g/mol. The molecule has 0 aromatic carbocycles. The fraction of sp³-hybridized carbons (Fsp3) is 0.429. The van der Waals surface area contributed by atoms with Gasteiger partial charge >= 0.3 is 0 Å². The molecule has 19 heavy (non-hydrogen) atoms. The lowest BCUT2D eigenvalue weighted by molar-refractivity contribution is 0.463. The number of hydrogen-bond acceptors (Lipinski definition) is 3. The molecular formula is C14H17FN4. The largest absolute Gasteiger partial charge is 0.364 e. The van der Waals surface area contributed by atoms with Crippen LogP contribution in [-0.4, -0.2) is 14.8 Å². The van der Waals surface area contributed by atoms with E-state index in [0.717, 1.165) is 5.69 Å². The Balaban J connectivity index is 1.61. The van der Waals surface area contributed by atoms with E-state index in [4.69, 9.17) is 0 Å². The molecule has 1 aliphatic carbocycles. The van der Waals surface area contributed by atoms with Gasteiger partial charge in [-0.05, 0) is 31.0 Å². The first-order valence-electron chi connectivity index (χ1n) is 6.72. The van der Waals surface area contributed by atoms with Gasteiger partial charge in [-0.2, -0.15) is 9.49 Å². The summed E-state index contributed by atoms with van der Waals surface area (Å²) in [6, 6.07) is 7.28. The fourth-order valence-electron chi connectivity index (χ4n) is 2.53. The SMILES string of the molecule is Fc1cccc(NCc2ccn(C3CCCC3)n2)n1. The first-order chi connectivity index (χ1) is 9.31. The van der Waals surface area contributed by atoms with Crippen LogP contribution in [0.15, 0.2) is 30.5 Å². The van der Waals surface area contributed by atoms with Crippen LogP contribution in [0, 0.1) is 5.95 Å². The Hall–Kier alpha value is -1.91. The second-order valence-electron chi connectivity index (χ2n) is 4.92. The third-order valence-electron chi connectivity index (χ3n) is 3.53. The number of aromatic nitrogens is 3. The van der Waals surface area contributed by atoms with Crippen molar-refractivity contribution in [2.75, 3.05) is 5.32 Å². The van der Waals surface area contributed by atoms with Gasteiger partial charge in [-0.25, -0.2) is 4.98 Å². The van der Waals surface area contributed by atoms with Gasteiger partial charge in [0.1, 0.15) is 5.82 Å². The average Bonchev–Trinajstić information content (AvgIpc) is 3.07. The van der Waals surface area contributed by atoms with Crippen molar-refractivity contribution < 1.29 is 4.39 Å². The molecule has 3 rings (SSSR count). The summed E-state index contributed by atoms with van der Waals surface area (Å²) in [7, 11) is 0. The van der Waals surface area contributed by atoms with Gasteiger partial charge in [0.15, 0.2) is 0 Å². The van der Waals surface area contributed by atoms with Gasteiger partial charge in [-0.15, -0.1) is 0 Å². The Bertz CT molecular complexity index is 546. The fourth-order valence-corrected chi connectivity index (χ4v) is 2.53. The van der Waals surface area contributed by atoms with Crippen LogP contribution in [0.5, 0.6) is 0 Å². The third kappa shape index (κ3) is 2.92. The molecule has 1 saturated carbocycles. The zero-order valence-corrected chi connectivity index (χ0v) is 10.7. The molecule has 1 N–H and O–H groups in total. The Morgan fingerprint density at radius 2 is 2.11 bits per heavy atom. The molecule has 0 bridgehead atoms. The summed E-state index contributed by atoms with van der Waals surface area (Å²) < 4.78 is 15.0. The Kier molecular flexibility index (Phi) is 3.44. The quantitative estimate of drug-likeness (QED) is 0.859. The van der Waals surface area contributed by atoms with E-state index >= 15 is 0 Å². The van der Waals surface area contributed by atoms with Gasteiger partial charge in [-0.1, -0.05) is 18.9 Å². The van der Waals surface area contributed by atoms with Crippen molar-refractivity contribution in [1.82, 2.24) is 14.8 Å². The second kappa shape index (κ2) is 5.38. The predicted molar refractivity (Wildman–Crippen MR) is 71.3 cm³/mol. The van der Waals surface area contributed by atoms with Gasteiger partial charge < -0.3 is 5.32 Å². The van der Waals surface area contributed by atoms with Crippen LogP contribution in [-0.2, 0) is 6.54 Å². The molecule has 0 amide bonds. The molecule has 2 heterocycles. The molecule has 100 valence electrons. The topological polar surface area (TPSA) is 42.7 Å². The van der Waals surface area contributed by atoms with E-state index in [1.54, 1.807) is 12.1 Å². The maximum Gasteiger partial charge on any atom is 0.214 e. The number of halogens is 1. The van der Waals surface area contributed by atoms with Crippen LogP contribution < -0.4 is 5.32 Å². The number of pyridine rings is 1. The summed E-state index contributed by atoms with van der Waals surface area (Å²) in [5.74, 6) is 0.0666. The normalized spacial score (nSPS) is 15.8. The average molecular weight is 260 g/mol. The first-order valence-corrected chi connectivity index (χ1v) is 6.72. The lowest BCUT2D eigenvalue weighted by atomic mass is 10.3. The van der Waals surface area contributed by atoms with E-state index < -0.39 is 5.95 Å². The smallest absolute Gasteiger partial charge is 0.214 e. The lowest BCUT2D eigenvalue weighted by Gasteiger charge is -2.09. The van der Waals surface area contributed by atoms with Crippen molar-refractivity contribution in [2.24, 2.45) is 0 Å². The standard InChI is InChI=1S/C14H17FN4/c15-13-6-3-7-14(17-13)16-10-11-8-9-19(18-11)12-4-1-2-5-12/h3,6-9,12H,1-2,4-5,10H2,(H,16,17). The van der Waals surface area contributed by atoms with E-state index in [1.165, 1.54) is 31.7 Å². The van der Waals surface area contributed by atoms with Gasteiger partial charge in [0.05, 0.1) is 18.3 Å². The number of nitrogens with zero attached hydrogens (tertiary/aromatic N) is 3. The monoisotopic (exact) mass is 260 g/mol. The van der Waals surface area contributed by atoms with Crippen molar-refractivity contribution >= 4 is 5.82 Å². The minimum atomic E-state index is -0.471. The molecule has 1 fully saturated rings. The summed E-state index contributed by atoms with van der Waals surface area (Å²) >= 11 is 0. The van der Waals surface area contributed by atoms with Crippen molar-refractivity contribution in [2.45, 2.75) is 38.3 Å². The molecule has 0 aliphatic heterocycles. The van der Waals surface area contributed by atoms with Gasteiger partial charge in [0.2, 0.25) is 5.95 Å². The number of hydrogen-bond donors (Lipinski definition) is 1. The highest BCUT2D eigenvalue weighted by atomic mass is 19.1. The predicted octanol–water partition coefficient (Wildman–Crippen LogP) is 3.14. The molecule has 0 unspecified atom stereocenters. The molecule has 4 nitrogen and oxygen atoms in total. The van der Waals surface area contributed by atoms with Crippen LogP contribution in [0.25, 0.3) is 0 Å². The highest BCUT2D eigenvalue weighted by molar-refractivity contribution is 5.33. The summed E-state index contributed by atoms with van der Waals surface area (Å²) in [6.45, 7) is 0.566. The van der Waals surface area contributed by atoms with Crippen molar-refractivity contribution in [3.63, 3.8) is 0 Å². The highest BCUT2D eigenvalue weighted by Gasteiger charge is 2.17. The Morgan fingerprint density at radius 1 is 1.26 bits per heavy atom. The van der Waals surface area contributed by atoms with E-state index in [-0.39, 0.29) is 0 Å². The summed E-state index contributed by atoms with van der Waals surface area (Å²) in [6.07, 6.45) is 7.07. The molecule has 0 atom stereocenters. The minimum absolute atomic E-state index is 0.471. The van der Waals surface area contributed by atoms with Crippen LogP contribution in [0.4, 0.5) is 10.2 Å². The molecule has 0 spiro atoms. The van der Waals surface area contributed by atoms with E-state index in [9.17, 15) is 4.39 Å². The zero-order valence-electron chi connectivity index (χ0n) is 10.7. The molecule has 0 saturated heterocycles. The number of anilines is 1. The van der Waals surface area contributed by atoms with Crippen molar-refractivity contribution in [3.8, 4) is 0 Å². The summed E-state index contributed by atoms with van der Waals surface area (Å²) in [5, 5.41) is 7.64. The number of nitrogens with one attached hydrogen (secondary N) is 1. The lowest BCUT2D eigenvalue weighted by Crippen LogP contribution is -2.07. The Morgan fingerprint density at radius 3 is 2.89 bits per heavy atom. The van der Waals surface area contributed by atoms with Gasteiger partial charge in [-0.3, -0.25) is 4.68 Å². The first kappa shape index (κ1) is 12.1. The molecule has 2 aromatic heterocycles. The summed E-state index contributed by atoms with van der Waals surface area (Å²) in [4.78, 5) is 3.76. The van der Waals surface area contributed by atoms with Crippen LogP contribution >= 0.6 is 0 Å². The molecule has 2 aromatic rings. The third-order valence-corrected chi connectivity index (χ3v) is 3.53. The molecule has 1 aliphatic rings. The van der Waals surface area contributed by atoms with E-state index in [2.05, 4.69) is 20.1 Å². The second-order valence-corrected chi connectivity index (χ2v) is 4.92. The van der Waals surface area contributed by atoms with Gasteiger partial charge in [0.25, 0.3) is 0 Å². The summed E-state index contributed by atoms with van der Waals surface area (Å²) in [5.41, 5.74) is 0.956. The van der Waals surface area contributed by atoms with E-state index in [0.29, 0.717) is 18.4 Å². The van der Waals surface area contributed by atoms with Crippen LogP contribution in [0.2, 0.25) is 0 Å². The van der Waals surface area contributed by atoms with Gasteiger partial charge in [0, 0.05) is 6.20 Å². The van der Waals surface area contributed by atoms with Crippen LogP contribution in [0.3, 0.4) is 0 Å². The van der Waals surface area contributed by atoms with Crippen LogP contribution in [0.1, 0.15) is 37.4 Å². The maximum atomic E-state index is 12.9. The maximum absolute atomic E-state index is 12.9. The van der Waals surface area contributed by atoms with E-state index in [1.807, 2.05) is 12.3 Å². The molecule has 0 radical (unpaired) electrons. The Labute approximate surface area is 111 Å². The van der Waals surface area contributed by atoms with Crippen molar-refractivity contribution in [3.05, 3.63) is 42.1 Å². The number of rotatable bonds is 4. The molecule has 5 heteroatoms. The highest BCUT2D eigenvalue weighted by Crippen LogP contribution is 2.28. The zero-order chi connectivity index (χ0) is 13.1. The van der Waals surface area contributed by atoms with Crippen molar-refractivity contribution in [1.29, 1.82) is 0 Å². The minimum Gasteiger partial charge on any atom is -0.364 e.